The third-order valence-corrected chi connectivity index (χ3v) is 5.33. The van der Waals surface area contributed by atoms with Crippen molar-refractivity contribution in [2.45, 2.75) is 125 Å². The van der Waals surface area contributed by atoms with E-state index in [4.69, 9.17) is 0 Å². The van der Waals surface area contributed by atoms with Crippen LogP contribution in [-0.4, -0.2) is 32.7 Å². The Labute approximate surface area is 256 Å². The van der Waals surface area contributed by atoms with Gasteiger partial charge in [0.25, 0.3) is 0 Å². The van der Waals surface area contributed by atoms with Gasteiger partial charge < -0.3 is 15.3 Å². The minimum absolute atomic E-state index is 0. The van der Waals surface area contributed by atoms with E-state index in [9.17, 15) is 29.7 Å². The molecular weight excluding hydrogens is 544 g/mol. The number of allylic oxidation sites excluding steroid dienone is 6. The van der Waals surface area contributed by atoms with Crippen LogP contribution in [0.1, 0.15) is 125 Å². The molecule has 7 heteroatoms. The normalized spacial score (nSPS) is 14.1. The van der Waals surface area contributed by atoms with Gasteiger partial charge in [0.05, 0.1) is 0 Å². The maximum absolute atomic E-state index is 11.5. The van der Waals surface area contributed by atoms with Crippen LogP contribution in [0.2, 0.25) is 0 Å². The molecule has 0 fully saturated rings. The van der Waals surface area contributed by atoms with Gasteiger partial charge in [-0.3, -0.25) is 14.4 Å². The van der Waals surface area contributed by atoms with Crippen molar-refractivity contribution < 1.29 is 47.1 Å². The molecule has 3 N–H and O–H groups in total. The van der Waals surface area contributed by atoms with Gasteiger partial charge >= 0.3 is 0 Å². The summed E-state index contributed by atoms with van der Waals surface area (Å²) in [6.07, 6.45) is 4.00. The van der Waals surface area contributed by atoms with Crippen LogP contribution in [0.15, 0.2) is 35.5 Å². The maximum atomic E-state index is 11.5. The summed E-state index contributed by atoms with van der Waals surface area (Å²) in [4.78, 5) is 34.5. The van der Waals surface area contributed by atoms with Crippen LogP contribution in [0.25, 0.3) is 0 Å². The van der Waals surface area contributed by atoms with Crippen molar-refractivity contribution in [3.05, 3.63) is 35.5 Å². The van der Waals surface area contributed by atoms with Crippen LogP contribution in [0.4, 0.5) is 0 Å². The van der Waals surface area contributed by atoms with E-state index < -0.39 is 16.2 Å². The Morgan fingerprint density at radius 3 is 0.550 bits per heavy atom. The molecule has 0 aromatic carbocycles. The van der Waals surface area contributed by atoms with Crippen LogP contribution in [0.5, 0.6) is 0 Å². The molecule has 0 spiro atoms. The van der Waals surface area contributed by atoms with E-state index in [2.05, 4.69) is 0 Å². The molecule has 0 aliphatic rings. The van der Waals surface area contributed by atoms with Crippen LogP contribution in [0.3, 0.4) is 0 Å². The molecule has 0 aliphatic carbocycles. The SMILES string of the molecule is CC(C)(C)C(=O)/C=C(\O)C(C)(C)C.CC(C)(C)C(=O)/C=C(\O)C(C)(C)C.CC(C)(C)C(=O)/C=C(\O)C(C)(C)C.[Cr]. The molecule has 0 aliphatic heterocycles. The van der Waals surface area contributed by atoms with Crippen molar-refractivity contribution in [1.29, 1.82) is 0 Å². The van der Waals surface area contributed by atoms with Crippen LogP contribution in [-0.2, 0) is 31.7 Å². The molecule has 234 valence electrons. The van der Waals surface area contributed by atoms with Gasteiger partial charge in [-0.25, -0.2) is 0 Å². The van der Waals surface area contributed by atoms with Gasteiger partial charge in [0, 0.05) is 68.1 Å². The second kappa shape index (κ2) is 16.0. The number of ketones is 3. The summed E-state index contributed by atoms with van der Waals surface area (Å²) in [7, 11) is 0. The van der Waals surface area contributed by atoms with Gasteiger partial charge in [-0.15, -0.1) is 0 Å². The van der Waals surface area contributed by atoms with E-state index in [1.807, 2.05) is 125 Å². The number of hydrogen-bond acceptors (Lipinski definition) is 6. The van der Waals surface area contributed by atoms with E-state index in [1.54, 1.807) is 0 Å². The fourth-order valence-electron chi connectivity index (χ4n) is 1.67. The van der Waals surface area contributed by atoms with Crippen molar-refractivity contribution in [1.82, 2.24) is 0 Å². The molecule has 0 saturated heterocycles. The maximum Gasteiger partial charge on any atom is 0.164 e. The van der Waals surface area contributed by atoms with Crippen molar-refractivity contribution in [3.63, 3.8) is 0 Å². The summed E-state index contributed by atoms with van der Waals surface area (Å²) in [6.45, 7) is 33.3. The standard InChI is InChI=1S/3C11H20O2.Cr/c3*1-10(2,3)8(12)7-9(13)11(4,5)6;/h3*7,12H,1-6H3;/b3*8-7-;. The molecule has 0 unspecified atom stereocenters. The molecular formula is C33H60CrO6. The van der Waals surface area contributed by atoms with Crippen molar-refractivity contribution in [3.8, 4) is 0 Å². The van der Waals surface area contributed by atoms with E-state index in [1.165, 1.54) is 18.2 Å². The van der Waals surface area contributed by atoms with Crippen molar-refractivity contribution >= 4 is 17.3 Å². The average Bonchev–Trinajstić information content (AvgIpc) is 2.64. The molecule has 6 nitrogen and oxygen atoms in total. The summed E-state index contributed by atoms with van der Waals surface area (Å²) in [5, 5.41) is 28.7. The monoisotopic (exact) mass is 604 g/mol. The largest absolute Gasteiger partial charge is 0.512 e. The Morgan fingerprint density at radius 1 is 0.350 bits per heavy atom. The summed E-state index contributed by atoms with van der Waals surface area (Å²) in [6, 6.07) is 0. The quantitative estimate of drug-likeness (QED) is 0.219. The average molecular weight is 605 g/mol. The Hall–Kier alpha value is -1.84. The molecule has 0 aromatic rings. The molecule has 0 heterocycles. The summed E-state index contributed by atoms with van der Waals surface area (Å²) in [5.74, 6) is 0.312. The summed E-state index contributed by atoms with van der Waals surface area (Å²) < 4.78 is 0. The predicted octanol–water partition coefficient (Wildman–Crippen LogP) is 9.27. The Kier molecular flexibility index (Phi) is 18.0. The zero-order valence-corrected chi connectivity index (χ0v) is 30.0. The Balaban J connectivity index is -0.000000240. The number of carbonyl (C=O) groups excluding carboxylic acids is 3. The Morgan fingerprint density at radius 2 is 0.475 bits per heavy atom. The molecule has 0 amide bonds. The van der Waals surface area contributed by atoms with Crippen LogP contribution < -0.4 is 0 Å². The van der Waals surface area contributed by atoms with Gasteiger partial charge in [-0.1, -0.05) is 125 Å². The third kappa shape index (κ3) is 21.0. The summed E-state index contributed by atoms with van der Waals surface area (Å²) in [5.41, 5.74) is -2.29. The Bertz CT molecular complexity index is 801. The first-order valence-corrected chi connectivity index (χ1v) is 13.5. The van der Waals surface area contributed by atoms with Crippen molar-refractivity contribution in [2.24, 2.45) is 32.5 Å². The van der Waals surface area contributed by atoms with Crippen molar-refractivity contribution in [2.75, 3.05) is 0 Å². The van der Waals surface area contributed by atoms with E-state index in [0.29, 0.717) is 0 Å². The minimum atomic E-state index is -0.417. The second-order valence-electron chi connectivity index (χ2n) is 16.2. The number of hydrogen-bond donors (Lipinski definition) is 3. The van der Waals surface area contributed by atoms with E-state index in [-0.39, 0.29) is 68.2 Å². The van der Waals surface area contributed by atoms with Gasteiger partial charge in [0.1, 0.15) is 17.3 Å². The molecule has 40 heavy (non-hydrogen) atoms. The smallest absolute Gasteiger partial charge is 0.164 e. The zero-order valence-electron chi connectivity index (χ0n) is 28.7. The first-order chi connectivity index (χ1) is 16.6. The second-order valence-corrected chi connectivity index (χ2v) is 16.2. The van der Waals surface area contributed by atoms with Crippen LogP contribution in [0, 0.1) is 32.5 Å². The minimum Gasteiger partial charge on any atom is -0.512 e. The molecule has 0 rings (SSSR count). The molecule has 0 saturated carbocycles. The van der Waals surface area contributed by atoms with Crippen LogP contribution >= 0.6 is 0 Å². The topological polar surface area (TPSA) is 112 Å². The molecule has 0 bridgehead atoms. The number of carbonyl (C=O) groups is 3. The number of rotatable bonds is 3. The first-order valence-electron chi connectivity index (χ1n) is 13.5. The fourth-order valence-corrected chi connectivity index (χ4v) is 1.67. The fraction of sp³-hybridized carbons (Fsp3) is 0.727. The van der Waals surface area contributed by atoms with E-state index in [0.717, 1.165) is 0 Å². The van der Waals surface area contributed by atoms with Gasteiger partial charge in [-0.2, -0.15) is 0 Å². The number of aliphatic hydroxyl groups excluding tert-OH is 3. The van der Waals surface area contributed by atoms with E-state index >= 15 is 0 Å². The summed E-state index contributed by atoms with van der Waals surface area (Å²) >= 11 is 0. The third-order valence-electron chi connectivity index (χ3n) is 5.33. The van der Waals surface area contributed by atoms with Gasteiger partial charge in [0.2, 0.25) is 0 Å². The van der Waals surface area contributed by atoms with Gasteiger partial charge in [0.15, 0.2) is 17.3 Å². The molecule has 0 radical (unpaired) electrons. The predicted molar refractivity (Wildman–Crippen MR) is 164 cm³/mol. The number of aliphatic hydroxyl groups is 3. The van der Waals surface area contributed by atoms with Gasteiger partial charge in [-0.05, 0) is 0 Å². The molecule has 0 atom stereocenters. The zero-order chi connectivity index (χ0) is 32.6. The first kappa shape index (κ1) is 45.2. The molecule has 0 aromatic heterocycles.